The fourth-order valence-corrected chi connectivity index (χ4v) is 2.90. The highest BCUT2D eigenvalue weighted by Crippen LogP contribution is 2.28. The summed E-state index contributed by atoms with van der Waals surface area (Å²) in [4.78, 5) is 12.5. The fourth-order valence-electron chi connectivity index (χ4n) is 2.16. The Morgan fingerprint density at radius 2 is 1.90 bits per heavy atom. The maximum atomic E-state index is 5.27. The minimum atomic E-state index is 0.354. The molecule has 0 aliphatic heterocycles. The number of hydrogen-bond acceptors (Lipinski definition) is 3. The predicted octanol–water partition coefficient (Wildman–Crippen LogP) is 5.24. The van der Waals surface area contributed by atoms with Gasteiger partial charge >= 0.3 is 0 Å². The van der Waals surface area contributed by atoms with Crippen LogP contribution in [0.5, 0.6) is 0 Å². The van der Waals surface area contributed by atoms with E-state index >= 15 is 0 Å². The molecule has 0 saturated carbocycles. The molecule has 0 fully saturated rings. The lowest BCUT2D eigenvalue weighted by atomic mass is 10.1. The first kappa shape index (κ1) is 14.4. The second kappa shape index (κ2) is 5.66. The van der Waals surface area contributed by atoms with Crippen molar-refractivity contribution >= 4 is 39.1 Å². The summed E-state index contributed by atoms with van der Waals surface area (Å²) in [6, 6.07) is 12.0. The van der Waals surface area contributed by atoms with Gasteiger partial charge in [0.2, 0.25) is 0 Å². The Morgan fingerprint density at radius 3 is 2.67 bits per heavy atom. The van der Waals surface area contributed by atoms with Gasteiger partial charge in [0.05, 0.1) is 5.52 Å². The summed E-state index contributed by atoms with van der Waals surface area (Å²) < 4.78 is 1.48. The number of halogens is 1. The summed E-state index contributed by atoms with van der Waals surface area (Å²) in [5.74, 6) is 1.05. The van der Waals surface area contributed by atoms with Crippen molar-refractivity contribution in [3.63, 3.8) is 0 Å². The van der Waals surface area contributed by atoms with Gasteiger partial charge < -0.3 is 4.98 Å². The molecule has 0 atom stereocenters. The second-order valence-electron chi connectivity index (χ2n) is 5.19. The van der Waals surface area contributed by atoms with Crippen LogP contribution in [0.4, 0.5) is 0 Å². The molecule has 0 bridgehead atoms. The molecule has 21 heavy (non-hydrogen) atoms. The topological polar surface area (TPSA) is 41.6 Å². The molecular weight excluding hydrogens is 346 g/mol. The Bertz CT molecular complexity index is 871. The number of hydrogen-bond donors (Lipinski definition) is 1. The summed E-state index contributed by atoms with van der Waals surface area (Å²) >= 11 is 8.86. The Labute approximate surface area is 136 Å². The number of pyridine rings is 1. The molecule has 2 heterocycles. The highest BCUT2D eigenvalue weighted by Gasteiger charge is 2.11. The molecule has 3 nitrogen and oxygen atoms in total. The molecule has 0 amide bonds. The van der Waals surface area contributed by atoms with E-state index in [0.717, 1.165) is 26.8 Å². The van der Waals surface area contributed by atoms with E-state index in [2.05, 4.69) is 45.8 Å². The van der Waals surface area contributed by atoms with Crippen molar-refractivity contribution in [2.75, 3.05) is 0 Å². The maximum Gasteiger partial charge on any atom is 0.159 e. The molecule has 3 aromatic rings. The van der Waals surface area contributed by atoms with Gasteiger partial charge in [-0.05, 0) is 40.0 Å². The Morgan fingerprint density at radius 1 is 1.14 bits per heavy atom. The molecule has 0 aliphatic carbocycles. The summed E-state index contributed by atoms with van der Waals surface area (Å²) in [5, 5.41) is 1.09. The van der Waals surface area contributed by atoms with Gasteiger partial charge in [-0.25, -0.2) is 9.97 Å². The van der Waals surface area contributed by atoms with Crippen molar-refractivity contribution in [2.24, 2.45) is 0 Å². The highest BCUT2D eigenvalue weighted by atomic mass is 79.9. The zero-order valence-electron chi connectivity index (χ0n) is 11.7. The largest absolute Gasteiger partial charge is 0.342 e. The van der Waals surface area contributed by atoms with E-state index in [1.54, 1.807) is 0 Å². The number of para-hydroxylation sites is 1. The van der Waals surface area contributed by atoms with Crippen molar-refractivity contribution in [3.05, 3.63) is 51.2 Å². The van der Waals surface area contributed by atoms with E-state index in [-0.39, 0.29) is 0 Å². The Kier molecular flexibility index (Phi) is 3.87. The normalized spacial score (nSPS) is 11.2. The van der Waals surface area contributed by atoms with Crippen LogP contribution in [0.3, 0.4) is 0 Å². The Hall–Kier alpha value is -1.59. The zero-order chi connectivity index (χ0) is 15.0. The standard InChI is InChI=1S/C16H14BrN3S/c1-9(2)13-8-14(21)20-16(19-13)15-11(17)7-10-5-3-4-6-12(10)18-15/h3-9H,1-2H3,(H,19,20,21). The summed E-state index contributed by atoms with van der Waals surface area (Å²) in [7, 11) is 0. The molecule has 5 heteroatoms. The lowest BCUT2D eigenvalue weighted by Gasteiger charge is -2.10. The van der Waals surface area contributed by atoms with Crippen LogP contribution in [0, 0.1) is 4.64 Å². The van der Waals surface area contributed by atoms with E-state index in [4.69, 9.17) is 17.2 Å². The number of aromatic nitrogens is 3. The van der Waals surface area contributed by atoms with Gasteiger partial charge in [-0.15, -0.1) is 0 Å². The monoisotopic (exact) mass is 359 g/mol. The maximum absolute atomic E-state index is 5.27. The fraction of sp³-hybridized carbons (Fsp3) is 0.188. The van der Waals surface area contributed by atoms with Gasteiger partial charge in [0, 0.05) is 15.6 Å². The number of aromatic amines is 1. The van der Waals surface area contributed by atoms with Crippen LogP contribution in [0.1, 0.15) is 25.5 Å². The van der Waals surface area contributed by atoms with Gasteiger partial charge in [0.15, 0.2) is 5.82 Å². The van der Waals surface area contributed by atoms with Crippen molar-refractivity contribution in [1.82, 2.24) is 15.0 Å². The van der Waals surface area contributed by atoms with Gasteiger partial charge in [-0.1, -0.05) is 44.3 Å². The van der Waals surface area contributed by atoms with Crippen molar-refractivity contribution < 1.29 is 0 Å². The van der Waals surface area contributed by atoms with Gasteiger partial charge in [-0.3, -0.25) is 0 Å². The number of nitrogens with zero attached hydrogens (tertiary/aromatic N) is 2. The van der Waals surface area contributed by atoms with Crippen molar-refractivity contribution in [1.29, 1.82) is 0 Å². The van der Waals surface area contributed by atoms with Crippen molar-refractivity contribution in [2.45, 2.75) is 19.8 Å². The Balaban J connectivity index is 2.24. The van der Waals surface area contributed by atoms with Gasteiger partial charge in [0.25, 0.3) is 0 Å². The molecule has 2 aromatic heterocycles. The van der Waals surface area contributed by atoms with Crippen molar-refractivity contribution in [3.8, 4) is 11.5 Å². The average molecular weight is 360 g/mol. The number of rotatable bonds is 2. The third-order valence-corrected chi connectivity index (χ3v) is 4.10. The lowest BCUT2D eigenvalue weighted by molar-refractivity contribution is 0.814. The molecule has 3 rings (SSSR count). The molecule has 1 aromatic carbocycles. The van der Waals surface area contributed by atoms with E-state index in [1.807, 2.05) is 30.3 Å². The molecule has 0 saturated heterocycles. The zero-order valence-corrected chi connectivity index (χ0v) is 14.1. The third kappa shape index (κ3) is 2.89. The molecule has 0 unspecified atom stereocenters. The SMILES string of the molecule is CC(C)c1cc(=S)nc(-c2nc3ccccc3cc2Br)[nH]1. The van der Waals surface area contributed by atoms with Gasteiger partial charge in [-0.2, -0.15) is 0 Å². The predicted molar refractivity (Wildman–Crippen MR) is 91.9 cm³/mol. The summed E-state index contributed by atoms with van der Waals surface area (Å²) in [5.41, 5.74) is 2.78. The molecule has 106 valence electrons. The molecule has 0 spiro atoms. The van der Waals surface area contributed by atoms with Crippen LogP contribution in [-0.4, -0.2) is 15.0 Å². The molecular formula is C16H14BrN3S. The average Bonchev–Trinajstić information content (AvgIpc) is 2.45. The van der Waals surface area contributed by atoms with Gasteiger partial charge in [0.1, 0.15) is 10.3 Å². The first-order valence-corrected chi connectivity index (χ1v) is 7.91. The molecule has 1 N–H and O–H groups in total. The van der Waals surface area contributed by atoms with E-state index in [0.29, 0.717) is 16.4 Å². The van der Waals surface area contributed by atoms with Crippen LogP contribution in [0.25, 0.3) is 22.4 Å². The van der Waals surface area contributed by atoms with E-state index in [9.17, 15) is 0 Å². The summed E-state index contributed by atoms with van der Waals surface area (Å²) in [6.07, 6.45) is 0. The number of H-pyrrole nitrogens is 1. The molecule has 0 radical (unpaired) electrons. The smallest absolute Gasteiger partial charge is 0.159 e. The van der Waals surface area contributed by atoms with Crippen LogP contribution >= 0.6 is 28.1 Å². The highest BCUT2D eigenvalue weighted by molar-refractivity contribution is 9.10. The first-order chi connectivity index (χ1) is 10.0. The van der Waals surface area contributed by atoms with Crippen LogP contribution in [0.15, 0.2) is 40.9 Å². The van der Waals surface area contributed by atoms with E-state index in [1.165, 1.54) is 0 Å². The van der Waals surface area contributed by atoms with Crippen LogP contribution in [-0.2, 0) is 0 Å². The number of nitrogens with one attached hydrogen (secondary N) is 1. The summed E-state index contributed by atoms with van der Waals surface area (Å²) in [6.45, 7) is 4.24. The second-order valence-corrected chi connectivity index (χ2v) is 6.46. The van der Waals surface area contributed by atoms with E-state index < -0.39 is 0 Å². The van der Waals surface area contributed by atoms with Crippen LogP contribution < -0.4 is 0 Å². The minimum absolute atomic E-state index is 0.354. The minimum Gasteiger partial charge on any atom is -0.342 e. The lowest BCUT2D eigenvalue weighted by Crippen LogP contribution is -2.00. The first-order valence-electron chi connectivity index (χ1n) is 6.71. The number of fused-ring (bicyclic) bond motifs is 1. The molecule has 0 aliphatic rings. The van der Waals surface area contributed by atoms with Crippen LogP contribution in [0.2, 0.25) is 0 Å². The quantitative estimate of drug-likeness (QED) is 0.636. The number of benzene rings is 1. The third-order valence-electron chi connectivity index (χ3n) is 3.29.